The minimum atomic E-state index is -1.14. The molecule has 0 N–H and O–H groups in total. The van der Waals surface area contributed by atoms with Crippen molar-refractivity contribution in [3.63, 3.8) is 0 Å². The van der Waals surface area contributed by atoms with E-state index < -0.39 is 11.9 Å². The molecule has 3 aromatic carbocycles. The third kappa shape index (κ3) is 3.24. The Morgan fingerprint density at radius 1 is 1.06 bits per heavy atom. The zero-order valence-corrected chi connectivity index (χ0v) is 19.3. The zero-order chi connectivity index (χ0) is 24.2. The van der Waals surface area contributed by atoms with Crippen molar-refractivity contribution < 1.29 is 14.2 Å². The van der Waals surface area contributed by atoms with Crippen LogP contribution >= 0.6 is 0 Å². The molecule has 172 valence electrons. The number of hydrogen-bond acceptors (Lipinski definition) is 5. The van der Waals surface area contributed by atoms with E-state index >= 15 is 0 Å². The average Bonchev–Trinajstić information content (AvgIpc) is 2.88. The van der Waals surface area contributed by atoms with Crippen LogP contribution in [-0.4, -0.2) is 11.7 Å². The van der Waals surface area contributed by atoms with Crippen LogP contribution < -0.4 is 15.0 Å². The Labute approximate surface area is 202 Å². The molecule has 2 atom stereocenters. The minimum Gasteiger partial charge on any atom is -0.497 e. The molecule has 0 fully saturated rings. The number of benzene rings is 3. The molecule has 6 rings (SSSR count). The van der Waals surface area contributed by atoms with Crippen LogP contribution in [0.3, 0.4) is 0 Å². The monoisotopic (exact) mass is 462 g/mol. The molecule has 0 amide bonds. The standard InChI is InChI=1S/C29H22N2O4/c1-18-14-25-26(28(32)31(18)22-6-4-3-5-7-22)27-24-13-8-19(17-30)15-20(24)16-29(34-25,35-27)21-9-11-23(33-2)12-10-21/h3-15,27H,16H2,1-2H3/t27-,29-/m0/s1. The number of aryl methyl sites for hydroxylation is 1. The van der Waals surface area contributed by atoms with Crippen LogP contribution in [0.25, 0.3) is 5.69 Å². The molecule has 0 spiro atoms. The minimum absolute atomic E-state index is 0.184. The van der Waals surface area contributed by atoms with Gasteiger partial charge in [-0.3, -0.25) is 9.36 Å². The first-order valence-electron chi connectivity index (χ1n) is 11.4. The molecular weight excluding hydrogens is 440 g/mol. The third-order valence-electron chi connectivity index (χ3n) is 6.76. The maximum Gasteiger partial charge on any atom is 0.265 e. The van der Waals surface area contributed by atoms with Gasteiger partial charge in [0.1, 0.15) is 17.6 Å². The van der Waals surface area contributed by atoms with Crippen LogP contribution in [0.15, 0.2) is 83.7 Å². The highest BCUT2D eigenvalue weighted by atomic mass is 16.7. The summed E-state index contributed by atoms with van der Waals surface area (Å²) >= 11 is 0. The van der Waals surface area contributed by atoms with Crippen molar-refractivity contribution in [1.82, 2.24) is 4.57 Å². The molecule has 4 aromatic rings. The highest BCUT2D eigenvalue weighted by Gasteiger charge is 2.50. The molecule has 0 unspecified atom stereocenters. The first-order chi connectivity index (χ1) is 17.0. The van der Waals surface area contributed by atoms with Gasteiger partial charge in [0.25, 0.3) is 5.56 Å². The lowest BCUT2D eigenvalue weighted by Gasteiger charge is -2.46. The summed E-state index contributed by atoms with van der Waals surface area (Å²) in [6, 6.07) is 26.7. The van der Waals surface area contributed by atoms with E-state index in [1.165, 1.54) is 0 Å². The lowest BCUT2D eigenvalue weighted by atomic mass is 9.84. The average molecular weight is 463 g/mol. The molecule has 1 aromatic heterocycles. The molecule has 3 heterocycles. The molecule has 2 bridgehead atoms. The fraction of sp³-hybridized carbons (Fsp3) is 0.172. The Morgan fingerprint density at radius 2 is 1.83 bits per heavy atom. The maximum atomic E-state index is 13.9. The topological polar surface area (TPSA) is 73.5 Å². The van der Waals surface area contributed by atoms with Crippen LogP contribution in [0.4, 0.5) is 0 Å². The van der Waals surface area contributed by atoms with Gasteiger partial charge in [0.15, 0.2) is 0 Å². The number of pyridine rings is 1. The summed E-state index contributed by atoms with van der Waals surface area (Å²) in [6.45, 7) is 1.90. The first kappa shape index (κ1) is 21.2. The maximum absolute atomic E-state index is 13.9. The van der Waals surface area contributed by atoms with Gasteiger partial charge in [-0.05, 0) is 66.6 Å². The van der Waals surface area contributed by atoms with Crippen LogP contribution in [0.5, 0.6) is 11.5 Å². The quantitative estimate of drug-likeness (QED) is 0.432. The predicted molar refractivity (Wildman–Crippen MR) is 130 cm³/mol. The summed E-state index contributed by atoms with van der Waals surface area (Å²) in [7, 11) is 1.62. The van der Waals surface area contributed by atoms with Gasteiger partial charge < -0.3 is 14.2 Å². The number of nitrogens with zero attached hydrogens (tertiary/aromatic N) is 2. The predicted octanol–water partition coefficient (Wildman–Crippen LogP) is 4.93. The Hall–Kier alpha value is -4.34. The van der Waals surface area contributed by atoms with E-state index in [-0.39, 0.29) is 5.56 Å². The Morgan fingerprint density at radius 3 is 2.54 bits per heavy atom. The number of ether oxygens (including phenoxy) is 3. The molecular formula is C29H22N2O4. The summed E-state index contributed by atoms with van der Waals surface area (Å²) in [5.74, 6) is 0.104. The lowest BCUT2D eigenvalue weighted by molar-refractivity contribution is -0.237. The van der Waals surface area contributed by atoms with Gasteiger partial charge in [-0.1, -0.05) is 24.3 Å². The van der Waals surface area contributed by atoms with Crippen molar-refractivity contribution in [3.05, 3.63) is 123 Å². The number of hydrogen-bond donors (Lipinski definition) is 0. The van der Waals surface area contributed by atoms with E-state index in [1.807, 2.05) is 79.7 Å². The summed E-state index contributed by atoms with van der Waals surface area (Å²) in [4.78, 5) is 13.9. The first-order valence-corrected chi connectivity index (χ1v) is 11.4. The van der Waals surface area contributed by atoms with Crippen molar-refractivity contribution >= 4 is 0 Å². The van der Waals surface area contributed by atoms with Gasteiger partial charge in [0.2, 0.25) is 5.79 Å². The number of rotatable bonds is 3. The van der Waals surface area contributed by atoms with Crippen molar-refractivity contribution in [2.45, 2.75) is 25.2 Å². The Kier molecular flexibility index (Phi) is 4.77. The third-order valence-corrected chi connectivity index (χ3v) is 6.76. The smallest absolute Gasteiger partial charge is 0.265 e. The van der Waals surface area contributed by atoms with Crippen molar-refractivity contribution in [2.75, 3.05) is 7.11 Å². The lowest BCUT2D eigenvalue weighted by Crippen LogP contribution is -2.48. The van der Waals surface area contributed by atoms with Gasteiger partial charge >= 0.3 is 0 Å². The number of para-hydroxylation sites is 1. The Bertz CT molecular complexity index is 1550. The number of nitriles is 1. The normalized spacial score (nSPS) is 19.6. The molecule has 6 nitrogen and oxygen atoms in total. The molecule has 0 aliphatic carbocycles. The number of aromatic nitrogens is 1. The highest BCUT2D eigenvalue weighted by Crippen LogP contribution is 2.51. The molecule has 2 aliphatic rings. The van der Waals surface area contributed by atoms with E-state index in [4.69, 9.17) is 14.2 Å². The molecule has 35 heavy (non-hydrogen) atoms. The molecule has 0 radical (unpaired) electrons. The fourth-order valence-electron chi connectivity index (χ4n) is 5.10. The molecule has 0 saturated carbocycles. The van der Waals surface area contributed by atoms with Gasteiger partial charge in [0, 0.05) is 29.4 Å². The van der Waals surface area contributed by atoms with Crippen LogP contribution in [0.2, 0.25) is 0 Å². The number of fused-ring (bicyclic) bond motifs is 6. The second-order valence-corrected chi connectivity index (χ2v) is 8.82. The molecule has 2 aliphatic heterocycles. The summed E-state index contributed by atoms with van der Waals surface area (Å²) in [6.07, 6.45) is -0.235. The molecule has 6 heteroatoms. The van der Waals surface area contributed by atoms with Crippen LogP contribution in [0.1, 0.15) is 39.6 Å². The van der Waals surface area contributed by atoms with Crippen molar-refractivity contribution in [2.24, 2.45) is 0 Å². The summed E-state index contributed by atoms with van der Waals surface area (Å²) < 4.78 is 20.2. The van der Waals surface area contributed by atoms with Gasteiger partial charge in [0.05, 0.1) is 24.3 Å². The fourth-order valence-corrected chi connectivity index (χ4v) is 5.10. The largest absolute Gasteiger partial charge is 0.497 e. The number of methoxy groups -OCH3 is 1. The van der Waals surface area contributed by atoms with E-state index in [9.17, 15) is 10.1 Å². The van der Waals surface area contributed by atoms with Gasteiger partial charge in [-0.2, -0.15) is 5.26 Å². The van der Waals surface area contributed by atoms with E-state index in [2.05, 4.69) is 6.07 Å². The van der Waals surface area contributed by atoms with Crippen LogP contribution in [0, 0.1) is 18.3 Å². The summed E-state index contributed by atoms with van der Waals surface area (Å²) in [5, 5.41) is 9.50. The molecule has 0 saturated heterocycles. The second-order valence-electron chi connectivity index (χ2n) is 8.82. The zero-order valence-electron chi connectivity index (χ0n) is 19.3. The SMILES string of the molecule is COc1ccc([C@]23Cc4cc(C#N)ccc4[C@H](O2)c2c(cc(C)n(-c4ccccc4)c2=O)O3)cc1. The second kappa shape index (κ2) is 7.86. The highest BCUT2D eigenvalue weighted by molar-refractivity contribution is 5.52. The Balaban J connectivity index is 1.60. The summed E-state index contributed by atoms with van der Waals surface area (Å²) in [5.41, 5.74) is 4.98. The van der Waals surface area contributed by atoms with Crippen molar-refractivity contribution in [1.29, 1.82) is 5.26 Å². The van der Waals surface area contributed by atoms with E-state index in [1.54, 1.807) is 17.7 Å². The van der Waals surface area contributed by atoms with Crippen LogP contribution in [-0.2, 0) is 16.9 Å². The van der Waals surface area contributed by atoms with E-state index in [0.29, 0.717) is 23.3 Å². The van der Waals surface area contributed by atoms with E-state index in [0.717, 1.165) is 33.8 Å². The van der Waals surface area contributed by atoms with Gasteiger partial charge in [-0.25, -0.2) is 0 Å². The van der Waals surface area contributed by atoms with Crippen molar-refractivity contribution in [3.8, 4) is 23.3 Å². The van der Waals surface area contributed by atoms with Gasteiger partial charge in [-0.15, -0.1) is 0 Å².